The Labute approximate surface area is 167 Å². The minimum absolute atomic E-state index is 0. The summed E-state index contributed by atoms with van der Waals surface area (Å²) in [6.07, 6.45) is 3.97. The van der Waals surface area contributed by atoms with Crippen LogP contribution in [0.25, 0.3) is 0 Å². The fraction of sp³-hybridized carbons (Fsp3) is 0.429. The highest BCUT2D eigenvalue weighted by Crippen LogP contribution is 2.23. The van der Waals surface area contributed by atoms with Crippen LogP contribution in [0.4, 0.5) is 0 Å². The Morgan fingerprint density at radius 2 is 2.07 bits per heavy atom. The number of aromatic nitrogens is 1. The number of nitrogens with one attached hydrogen (secondary N) is 1. The summed E-state index contributed by atoms with van der Waals surface area (Å²) in [5.41, 5.74) is 2.35. The molecule has 1 aromatic heterocycles. The summed E-state index contributed by atoms with van der Waals surface area (Å²) in [4.78, 5) is 18.8. The number of ether oxygens (including phenoxy) is 1. The fourth-order valence-corrected chi connectivity index (χ4v) is 3.22. The monoisotopic (exact) mass is 389 g/mol. The first-order valence-corrected chi connectivity index (χ1v) is 9.28. The molecule has 1 saturated heterocycles. The molecule has 3 rings (SSSR count). The normalized spacial score (nSPS) is 16.7. The predicted octanol–water partition coefficient (Wildman–Crippen LogP) is 3.57. The molecule has 27 heavy (non-hydrogen) atoms. The lowest BCUT2D eigenvalue weighted by atomic mass is 10.0. The molecular weight excluding hydrogens is 362 g/mol. The zero-order chi connectivity index (χ0) is 18.4. The van der Waals surface area contributed by atoms with E-state index in [-0.39, 0.29) is 24.4 Å². The average molecular weight is 390 g/mol. The van der Waals surface area contributed by atoms with Gasteiger partial charge in [-0.1, -0.05) is 32.0 Å². The Morgan fingerprint density at radius 1 is 1.30 bits per heavy atom. The van der Waals surface area contributed by atoms with E-state index in [1.54, 1.807) is 6.20 Å². The van der Waals surface area contributed by atoms with Crippen LogP contribution >= 0.6 is 12.4 Å². The zero-order valence-corrected chi connectivity index (χ0v) is 16.7. The standard InChI is InChI=1S/C21H27N3O2.ClH/c1-16(2)17-5-7-19(8-6-17)26-13-9-21(25)24-12-11-23-15-20(24)18-4-3-10-22-14-18;/h3-8,10,14,16,20,23H,9,11-13,15H2,1-2H3;1H. The van der Waals surface area contributed by atoms with Gasteiger partial charge in [-0.25, -0.2) is 0 Å². The number of carbonyl (C=O) groups is 1. The van der Waals surface area contributed by atoms with Gasteiger partial charge in [0.1, 0.15) is 5.75 Å². The maximum atomic E-state index is 12.7. The van der Waals surface area contributed by atoms with E-state index in [1.165, 1.54) is 5.56 Å². The molecule has 0 saturated carbocycles. The van der Waals surface area contributed by atoms with Crippen molar-refractivity contribution < 1.29 is 9.53 Å². The topological polar surface area (TPSA) is 54.5 Å². The fourth-order valence-electron chi connectivity index (χ4n) is 3.22. The first kappa shape index (κ1) is 21.2. The number of amides is 1. The molecule has 0 bridgehead atoms. The summed E-state index contributed by atoms with van der Waals surface area (Å²) < 4.78 is 5.77. The van der Waals surface area contributed by atoms with Gasteiger partial charge >= 0.3 is 0 Å². The van der Waals surface area contributed by atoms with Crippen molar-refractivity contribution in [2.45, 2.75) is 32.2 Å². The Bertz CT molecular complexity index is 707. The Morgan fingerprint density at radius 3 is 2.74 bits per heavy atom. The average Bonchev–Trinajstić information content (AvgIpc) is 2.69. The molecule has 0 aliphatic carbocycles. The third kappa shape index (κ3) is 5.68. The molecular formula is C21H28ClN3O2. The highest BCUT2D eigenvalue weighted by atomic mass is 35.5. The van der Waals surface area contributed by atoms with Crippen LogP contribution < -0.4 is 10.1 Å². The van der Waals surface area contributed by atoms with Gasteiger partial charge in [-0.3, -0.25) is 9.78 Å². The molecule has 1 amide bonds. The molecule has 1 fully saturated rings. The summed E-state index contributed by atoms with van der Waals surface area (Å²) in [5, 5.41) is 3.36. The van der Waals surface area contributed by atoms with E-state index in [0.29, 0.717) is 25.5 Å². The van der Waals surface area contributed by atoms with Crippen molar-refractivity contribution in [1.29, 1.82) is 0 Å². The highest BCUT2D eigenvalue weighted by Gasteiger charge is 2.27. The molecule has 2 heterocycles. The van der Waals surface area contributed by atoms with Crippen LogP contribution in [0.2, 0.25) is 0 Å². The molecule has 0 spiro atoms. The van der Waals surface area contributed by atoms with Crippen molar-refractivity contribution in [2.75, 3.05) is 26.2 Å². The van der Waals surface area contributed by atoms with Gasteiger partial charge in [0, 0.05) is 32.0 Å². The number of halogens is 1. The molecule has 5 nitrogen and oxygen atoms in total. The maximum absolute atomic E-state index is 12.7. The van der Waals surface area contributed by atoms with Gasteiger partial charge in [-0.05, 0) is 35.2 Å². The SMILES string of the molecule is CC(C)c1ccc(OCCC(=O)N2CCNCC2c2cccnc2)cc1.Cl. The Kier molecular flexibility index (Phi) is 8.07. The summed E-state index contributed by atoms with van der Waals surface area (Å²) in [5.74, 6) is 1.44. The van der Waals surface area contributed by atoms with Crippen LogP contribution in [0.5, 0.6) is 5.75 Å². The Balaban J connectivity index is 0.00000261. The molecule has 6 heteroatoms. The molecule has 2 aromatic rings. The van der Waals surface area contributed by atoms with E-state index in [2.05, 4.69) is 36.3 Å². The molecule has 1 aromatic carbocycles. The van der Waals surface area contributed by atoms with Gasteiger partial charge in [-0.15, -0.1) is 12.4 Å². The first-order valence-electron chi connectivity index (χ1n) is 9.28. The van der Waals surface area contributed by atoms with Crippen LogP contribution in [-0.4, -0.2) is 42.0 Å². The lowest BCUT2D eigenvalue weighted by molar-refractivity contribution is -0.135. The number of hydrogen-bond acceptors (Lipinski definition) is 4. The molecule has 1 N–H and O–H groups in total. The second kappa shape index (κ2) is 10.3. The van der Waals surface area contributed by atoms with E-state index in [0.717, 1.165) is 24.4 Å². The van der Waals surface area contributed by atoms with E-state index in [9.17, 15) is 4.79 Å². The van der Waals surface area contributed by atoms with Crippen LogP contribution in [0.1, 0.15) is 43.4 Å². The van der Waals surface area contributed by atoms with Crippen molar-refractivity contribution >= 4 is 18.3 Å². The molecule has 1 aliphatic heterocycles. The maximum Gasteiger partial charge on any atom is 0.226 e. The number of rotatable bonds is 6. The van der Waals surface area contributed by atoms with Crippen LogP contribution in [0, 0.1) is 0 Å². The van der Waals surface area contributed by atoms with E-state index in [4.69, 9.17) is 4.74 Å². The minimum Gasteiger partial charge on any atom is -0.493 e. The first-order chi connectivity index (χ1) is 12.6. The highest BCUT2D eigenvalue weighted by molar-refractivity contribution is 5.85. The number of pyridine rings is 1. The van der Waals surface area contributed by atoms with Crippen LogP contribution in [0.3, 0.4) is 0 Å². The third-order valence-electron chi connectivity index (χ3n) is 4.76. The number of hydrogen-bond donors (Lipinski definition) is 1. The van der Waals surface area contributed by atoms with Crippen LogP contribution in [0.15, 0.2) is 48.8 Å². The van der Waals surface area contributed by atoms with Gasteiger partial charge in [-0.2, -0.15) is 0 Å². The summed E-state index contributed by atoms with van der Waals surface area (Å²) in [6, 6.07) is 12.1. The quantitative estimate of drug-likeness (QED) is 0.820. The summed E-state index contributed by atoms with van der Waals surface area (Å²) in [7, 11) is 0. The molecule has 1 atom stereocenters. The number of nitrogens with zero attached hydrogens (tertiary/aromatic N) is 2. The third-order valence-corrected chi connectivity index (χ3v) is 4.76. The van der Waals surface area contributed by atoms with Crippen molar-refractivity contribution in [3.05, 3.63) is 59.9 Å². The van der Waals surface area contributed by atoms with E-state index < -0.39 is 0 Å². The largest absolute Gasteiger partial charge is 0.493 e. The van der Waals surface area contributed by atoms with E-state index in [1.807, 2.05) is 35.4 Å². The van der Waals surface area contributed by atoms with Gasteiger partial charge < -0.3 is 15.0 Å². The van der Waals surface area contributed by atoms with Crippen LogP contribution in [-0.2, 0) is 4.79 Å². The molecule has 1 unspecified atom stereocenters. The van der Waals surface area contributed by atoms with Crippen molar-refractivity contribution in [1.82, 2.24) is 15.2 Å². The lowest BCUT2D eigenvalue weighted by Gasteiger charge is -2.36. The van der Waals surface area contributed by atoms with Gasteiger partial charge in [0.15, 0.2) is 0 Å². The summed E-state index contributed by atoms with van der Waals surface area (Å²) >= 11 is 0. The number of carbonyl (C=O) groups excluding carboxylic acids is 1. The molecule has 0 radical (unpaired) electrons. The van der Waals surface area contributed by atoms with Crippen molar-refractivity contribution in [3.8, 4) is 5.75 Å². The molecule has 1 aliphatic rings. The number of piperazine rings is 1. The smallest absolute Gasteiger partial charge is 0.226 e. The van der Waals surface area contributed by atoms with Gasteiger partial charge in [0.25, 0.3) is 0 Å². The Hall–Kier alpha value is -2.11. The summed E-state index contributed by atoms with van der Waals surface area (Å²) in [6.45, 7) is 7.02. The lowest BCUT2D eigenvalue weighted by Crippen LogP contribution is -2.49. The van der Waals surface area contributed by atoms with E-state index >= 15 is 0 Å². The van der Waals surface area contributed by atoms with Crippen molar-refractivity contribution in [2.24, 2.45) is 0 Å². The second-order valence-electron chi connectivity index (χ2n) is 6.92. The minimum atomic E-state index is 0. The molecule has 146 valence electrons. The van der Waals surface area contributed by atoms with Gasteiger partial charge in [0.2, 0.25) is 5.91 Å². The predicted molar refractivity (Wildman–Crippen MR) is 109 cm³/mol. The van der Waals surface area contributed by atoms with Gasteiger partial charge in [0.05, 0.1) is 19.1 Å². The zero-order valence-electron chi connectivity index (χ0n) is 15.9. The second-order valence-corrected chi connectivity index (χ2v) is 6.92. The van der Waals surface area contributed by atoms with Crippen molar-refractivity contribution in [3.63, 3.8) is 0 Å². The number of benzene rings is 1.